The lowest BCUT2D eigenvalue weighted by Crippen LogP contribution is -2.17. The molecule has 0 heterocycles. The number of alkyl halides is 3. The van der Waals surface area contributed by atoms with Gasteiger partial charge in [-0.25, -0.2) is 0 Å². The summed E-state index contributed by atoms with van der Waals surface area (Å²) in [6.07, 6.45) is 6.69. The molecule has 1 atom stereocenters. The highest BCUT2D eigenvalue weighted by Crippen LogP contribution is 2.22. The average molecular weight is 415 g/mol. The number of hydrogen-bond acceptors (Lipinski definition) is 3. The van der Waals surface area contributed by atoms with E-state index in [-0.39, 0.29) is 24.6 Å². The van der Waals surface area contributed by atoms with E-state index in [1.807, 2.05) is 39.0 Å². The molecule has 0 aromatic carbocycles. The Hall–Kier alpha value is -2.11. The second-order valence-electron chi connectivity index (χ2n) is 6.48. The van der Waals surface area contributed by atoms with Gasteiger partial charge in [0.25, 0.3) is 0 Å². The van der Waals surface area contributed by atoms with E-state index in [4.69, 9.17) is 4.74 Å². The highest BCUT2D eigenvalue weighted by molar-refractivity contribution is 6.10. The van der Waals surface area contributed by atoms with Gasteiger partial charge in [-0.3, -0.25) is 9.59 Å². The van der Waals surface area contributed by atoms with E-state index in [0.717, 1.165) is 12.5 Å². The zero-order chi connectivity index (χ0) is 22.3. The van der Waals surface area contributed by atoms with Crippen LogP contribution in [0.3, 0.4) is 0 Å². The zero-order valence-electron chi connectivity index (χ0n) is 17.8. The first-order valence-electron chi connectivity index (χ1n) is 10.2. The van der Waals surface area contributed by atoms with Crippen LogP contribution < -0.4 is 0 Å². The minimum Gasteiger partial charge on any atom is -0.462 e. The third-order valence-corrected chi connectivity index (χ3v) is 4.11. The maximum Gasteiger partial charge on any atom is 0.392 e. The van der Waals surface area contributed by atoms with Crippen molar-refractivity contribution < 1.29 is 27.5 Å². The molecule has 1 rings (SSSR count). The van der Waals surface area contributed by atoms with Crippen LogP contribution in [0, 0.1) is 0 Å². The summed E-state index contributed by atoms with van der Waals surface area (Å²) < 4.78 is 42.1. The van der Waals surface area contributed by atoms with Gasteiger partial charge in [0.05, 0.1) is 6.42 Å². The number of ketones is 1. The first-order chi connectivity index (χ1) is 13.7. The molecule has 0 radical (unpaired) electrons. The molecule has 6 heteroatoms. The van der Waals surface area contributed by atoms with Crippen LogP contribution >= 0.6 is 0 Å². The van der Waals surface area contributed by atoms with E-state index in [9.17, 15) is 22.8 Å². The van der Waals surface area contributed by atoms with Crippen LogP contribution in [0.5, 0.6) is 0 Å². The molecule has 3 nitrogen and oxygen atoms in total. The lowest BCUT2D eigenvalue weighted by atomic mass is 10.1. The molecule has 0 aromatic heterocycles. The monoisotopic (exact) mass is 414 g/mol. The Morgan fingerprint density at radius 3 is 2.45 bits per heavy atom. The Morgan fingerprint density at radius 1 is 1.21 bits per heavy atom. The van der Waals surface area contributed by atoms with Crippen molar-refractivity contribution in [2.24, 2.45) is 0 Å². The molecule has 0 fully saturated rings. The Morgan fingerprint density at radius 2 is 1.90 bits per heavy atom. The number of ether oxygens (including phenoxy) is 1. The van der Waals surface area contributed by atoms with Crippen LogP contribution in [-0.2, 0) is 14.3 Å². The van der Waals surface area contributed by atoms with Crippen molar-refractivity contribution in [3.05, 3.63) is 47.6 Å². The standard InChI is InChI=1S/C21H27F3O3.C2H6/c1-3-4-5-6-10-19(25)27-18(9-7-8-15-21(22,23)24)14-13-17-12-11-16(2)20(17)26;1-2/h3-4,7-8,11,13,18H,5-6,9-10,12,14-15H2,1-2H3;1-2H3/b4-3-,8-7-,17-13+;. The molecule has 0 amide bonds. The first kappa shape index (κ1) is 26.9. The van der Waals surface area contributed by atoms with Gasteiger partial charge in [0.1, 0.15) is 6.10 Å². The number of halogens is 3. The Balaban J connectivity index is 0.00000379. The number of unbranched alkanes of at least 4 members (excludes halogenated alkanes) is 1. The van der Waals surface area contributed by atoms with Crippen molar-refractivity contribution in [1.29, 1.82) is 0 Å². The van der Waals surface area contributed by atoms with Crippen LogP contribution in [0.2, 0.25) is 0 Å². The van der Waals surface area contributed by atoms with Crippen molar-refractivity contribution in [1.82, 2.24) is 0 Å². The number of rotatable bonds is 10. The topological polar surface area (TPSA) is 43.4 Å². The smallest absolute Gasteiger partial charge is 0.392 e. The number of esters is 1. The van der Waals surface area contributed by atoms with E-state index < -0.39 is 18.7 Å². The maximum atomic E-state index is 12.2. The van der Waals surface area contributed by atoms with Crippen LogP contribution in [0.1, 0.15) is 72.6 Å². The second kappa shape index (κ2) is 14.8. The van der Waals surface area contributed by atoms with E-state index >= 15 is 0 Å². The molecule has 164 valence electrons. The van der Waals surface area contributed by atoms with Gasteiger partial charge >= 0.3 is 12.1 Å². The third-order valence-electron chi connectivity index (χ3n) is 4.11. The lowest BCUT2D eigenvalue weighted by Gasteiger charge is -2.15. The van der Waals surface area contributed by atoms with Crippen molar-refractivity contribution in [2.45, 2.75) is 84.9 Å². The van der Waals surface area contributed by atoms with Crippen molar-refractivity contribution in [3.8, 4) is 0 Å². The number of allylic oxidation sites excluding steroid dienone is 6. The number of hydrogen-bond donors (Lipinski definition) is 0. The van der Waals surface area contributed by atoms with Crippen molar-refractivity contribution in [3.63, 3.8) is 0 Å². The van der Waals surface area contributed by atoms with Gasteiger partial charge in [-0.05, 0) is 44.3 Å². The van der Waals surface area contributed by atoms with Crippen LogP contribution in [0.25, 0.3) is 0 Å². The number of carbonyl (C=O) groups excluding carboxylic acids is 2. The second-order valence-corrected chi connectivity index (χ2v) is 6.48. The third kappa shape index (κ3) is 12.9. The molecular formula is C23H33F3O3. The van der Waals surface area contributed by atoms with Crippen LogP contribution in [0.15, 0.2) is 47.6 Å². The molecular weight excluding hydrogens is 381 g/mol. The molecule has 0 bridgehead atoms. The largest absolute Gasteiger partial charge is 0.462 e. The van der Waals surface area contributed by atoms with Crippen LogP contribution in [-0.4, -0.2) is 24.0 Å². The van der Waals surface area contributed by atoms with E-state index in [2.05, 4.69) is 0 Å². The first-order valence-corrected chi connectivity index (χ1v) is 10.2. The summed E-state index contributed by atoms with van der Waals surface area (Å²) in [7, 11) is 0. The lowest BCUT2D eigenvalue weighted by molar-refractivity contribution is -0.149. The summed E-state index contributed by atoms with van der Waals surface area (Å²) in [5, 5.41) is 0. The molecule has 0 spiro atoms. The summed E-state index contributed by atoms with van der Waals surface area (Å²) in [5.74, 6) is -0.404. The molecule has 1 unspecified atom stereocenters. The highest BCUT2D eigenvalue weighted by atomic mass is 19.4. The Labute approximate surface area is 172 Å². The van der Waals surface area contributed by atoms with Gasteiger partial charge in [0, 0.05) is 19.3 Å². The molecule has 0 saturated carbocycles. The van der Waals surface area contributed by atoms with E-state index in [1.54, 1.807) is 13.0 Å². The zero-order valence-corrected chi connectivity index (χ0v) is 17.8. The quantitative estimate of drug-likeness (QED) is 0.171. The summed E-state index contributed by atoms with van der Waals surface area (Å²) in [6, 6.07) is 0. The number of Topliss-reactive ketones (excluding diaryl/α,β-unsaturated/α-hetero) is 1. The number of carbonyl (C=O) groups is 2. The van der Waals surface area contributed by atoms with Crippen molar-refractivity contribution in [2.75, 3.05) is 0 Å². The van der Waals surface area contributed by atoms with Gasteiger partial charge in [-0.15, -0.1) is 0 Å². The normalized spacial score (nSPS) is 16.9. The molecule has 0 N–H and O–H groups in total. The van der Waals surface area contributed by atoms with Gasteiger partial charge in [-0.1, -0.05) is 50.3 Å². The highest BCUT2D eigenvalue weighted by Gasteiger charge is 2.24. The molecule has 0 saturated heterocycles. The average Bonchev–Trinajstić information content (AvgIpc) is 2.99. The summed E-state index contributed by atoms with van der Waals surface area (Å²) in [5.41, 5.74) is 1.32. The fraction of sp³-hybridized carbons (Fsp3) is 0.565. The summed E-state index contributed by atoms with van der Waals surface area (Å²) in [6.45, 7) is 7.64. The minimum atomic E-state index is -4.25. The fourth-order valence-electron chi connectivity index (χ4n) is 2.58. The predicted molar refractivity (Wildman–Crippen MR) is 110 cm³/mol. The van der Waals surface area contributed by atoms with Gasteiger partial charge in [0.2, 0.25) is 0 Å². The Bertz CT molecular complexity index is 626. The molecule has 1 aliphatic carbocycles. The van der Waals surface area contributed by atoms with Gasteiger partial charge in [0.15, 0.2) is 5.78 Å². The molecule has 1 aliphatic rings. The van der Waals surface area contributed by atoms with E-state index in [0.29, 0.717) is 30.4 Å². The molecule has 29 heavy (non-hydrogen) atoms. The Kier molecular flexibility index (Phi) is 13.7. The summed E-state index contributed by atoms with van der Waals surface area (Å²) in [4.78, 5) is 23.9. The van der Waals surface area contributed by atoms with Gasteiger partial charge in [-0.2, -0.15) is 13.2 Å². The minimum absolute atomic E-state index is 0.0287. The van der Waals surface area contributed by atoms with E-state index in [1.165, 1.54) is 6.08 Å². The molecule has 0 aliphatic heterocycles. The fourth-order valence-corrected chi connectivity index (χ4v) is 2.58. The SMILES string of the molecule is C/C=C\CCCC(=O)OC(C/C=C\CC(F)(F)F)C/C=C1\CC=C(C)C1=O.CC. The summed E-state index contributed by atoms with van der Waals surface area (Å²) >= 11 is 0. The maximum absolute atomic E-state index is 12.2. The van der Waals surface area contributed by atoms with Crippen molar-refractivity contribution >= 4 is 11.8 Å². The predicted octanol–water partition coefficient (Wildman–Crippen LogP) is 6.81. The molecule has 0 aromatic rings. The van der Waals surface area contributed by atoms with Crippen LogP contribution in [0.4, 0.5) is 13.2 Å². The van der Waals surface area contributed by atoms with Gasteiger partial charge < -0.3 is 4.74 Å².